The highest BCUT2D eigenvalue weighted by Gasteiger charge is 2.27. The molecule has 1 aromatic carbocycles. The van der Waals surface area contributed by atoms with Gasteiger partial charge in [0.1, 0.15) is 17.9 Å². The molecule has 0 unspecified atom stereocenters. The Kier molecular flexibility index (Phi) is 6.23. The summed E-state index contributed by atoms with van der Waals surface area (Å²) in [5, 5.41) is 0.713. The summed E-state index contributed by atoms with van der Waals surface area (Å²) in [4.78, 5) is 17.1. The number of Topliss-reactive ketones (excluding diaryl/α,β-unsaturated/α-hetero) is 1. The number of rotatable bonds is 8. The monoisotopic (exact) mass is 376 g/mol. The Morgan fingerprint density at radius 1 is 1.15 bits per heavy atom. The molecule has 1 aromatic heterocycles. The number of carbonyl (C=O) groups is 1. The predicted molar refractivity (Wildman–Crippen MR) is 103 cm³/mol. The van der Waals surface area contributed by atoms with Crippen LogP contribution in [0.15, 0.2) is 16.7 Å². The van der Waals surface area contributed by atoms with Gasteiger partial charge in [0.15, 0.2) is 17.1 Å². The van der Waals surface area contributed by atoms with Crippen LogP contribution in [-0.2, 0) is 0 Å². The fourth-order valence-corrected chi connectivity index (χ4v) is 3.40. The van der Waals surface area contributed by atoms with Crippen molar-refractivity contribution in [1.82, 2.24) is 9.80 Å². The highest BCUT2D eigenvalue weighted by atomic mass is 16.5. The van der Waals surface area contributed by atoms with Crippen LogP contribution in [0.5, 0.6) is 17.2 Å². The first-order valence-corrected chi connectivity index (χ1v) is 9.35. The van der Waals surface area contributed by atoms with Crippen LogP contribution in [0.1, 0.15) is 24.2 Å². The van der Waals surface area contributed by atoms with Crippen molar-refractivity contribution in [2.45, 2.75) is 13.8 Å². The summed E-state index contributed by atoms with van der Waals surface area (Å²) in [6.07, 6.45) is 1.56. The number of furan rings is 1. The first-order chi connectivity index (χ1) is 13.1. The largest absolute Gasteiger partial charge is 0.492 e. The Morgan fingerprint density at radius 2 is 1.89 bits per heavy atom. The zero-order valence-electron chi connectivity index (χ0n) is 16.5. The fraction of sp³-hybridized carbons (Fsp3) is 0.550. The van der Waals surface area contributed by atoms with Gasteiger partial charge in [-0.3, -0.25) is 9.69 Å². The lowest BCUT2D eigenvalue weighted by Crippen LogP contribution is -2.45. The first-order valence-electron chi connectivity index (χ1n) is 9.35. The van der Waals surface area contributed by atoms with Crippen molar-refractivity contribution in [1.29, 1.82) is 0 Å². The van der Waals surface area contributed by atoms with Crippen molar-refractivity contribution in [3.8, 4) is 17.2 Å². The maximum Gasteiger partial charge on any atom is 0.205 e. The second-order valence-electron chi connectivity index (χ2n) is 6.71. The van der Waals surface area contributed by atoms with Crippen LogP contribution in [0.25, 0.3) is 11.0 Å². The molecule has 2 aromatic rings. The predicted octanol–water partition coefficient (Wildman–Crippen LogP) is 2.67. The Labute approximate surface area is 159 Å². The molecule has 1 fully saturated rings. The van der Waals surface area contributed by atoms with E-state index in [0.29, 0.717) is 47.0 Å². The number of hydrogen-bond acceptors (Lipinski definition) is 7. The zero-order valence-corrected chi connectivity index (χ0v) is 16.5. The van der Waals surface area contributed by atoms with E-state index in [0.717, 1.165) is 32.7 Å². The van der Waals surface area contributed by atoms with Crippen molar-refractivity contribution >= 4 is 16.8 Å². The van der Waals surface area contributed by atoms with Gasteiger partial charge in [-0.05, 0) is 27.0 Å². The van der Waals surface area contributed by atoms with E-state index in [1.807, 2.05) is 6.92 Å². The minimum Gasteiger partial charge on any atom is -0.492 e. The third-order valence-corrected chi connectivity index (χ3v) is 4.87. The molecule has 2 heterocycles. The van der Waals surface area contributed by atoms with Gasteiger partial charge in [-0.1, -0.05) is 0 Å². The molecule has 27 heavy (non-hydrogen) atoms. The number of nitrogens with zero attached hydrogens (tertiary/aromatic N) is 2. The van der Waals surface area contributed by atoms with Gasteiger partial charge in [-0.25, -0.2) is 0 Å². The Hall–Kier alpha value is -2.25. The van der Waals surface area contributed by atoms with Crippen molar-refractivity contribution in [2.24, 2.45) is 0 Å². The summed E-state index contributed by atoms with van der Waals surface area (Å²) in [7, 11) is 3.68. The van der Waals surface area contributed by atoms with E-state index in [-0.39, 0.29) is 5.78 Å². The van der Waals surface area contributed by atoms with Crippen LogP contribution in [0.2, 0.25) is 0 Å². The van der Waals surface area contributed by atoms with Gasteiger partial charge in [0, 0.05) is 32.7 Å². The summed E-state index contributed by atoms with van der Waals surface area (Å²) >= 11 is 0. The third kappa shape index (κ3) is 4.04. The van der Waals surface area contributed by atoms with Gasteiger partial charge in [0.2, 0.25) is 5.75 Å². The zero-order chi connectivity index (χ0) is 19.4. The van der Waals surface area contributed by atoms with Gasteiger partial charge in [-0.2, -0.15) is 0 Å². The summed E-state index contributed by atoms with van der Waals surface area (Å²) in [6.45, 7) is 9.20. The van der Waals surface area contributed by atoms with Crippen molar-refractivity contribution in [2.75, 3.05) is 60.1 Å². The maximum absolute atomic E-state index is 12.4. The van der Waals surface area contributed by atoms with Gasteiger partial charge in [-0.15, -0.1) is 0 Å². The summed E-state index contributed by atoms with van der Waals surface area (Å²) in [5.74, 6) is 1.19. The molecule has 0 aliphatic carbocycles. The molecule has 3 rings (SSSR count). The van der Waals surface area contributed by atoms with Gasteiger partial charge in [0.05, 0.1) is 25.4 Å². The van der Waals surface area contributed by atoms with Gasteiger partial charge in [0.25, 0.3) is 0 Å². The van der Waals surface area contributed by atoms with E-state index < -0.39 is 0 Å². The SMILES string of the molecule is CCOc1c(C(C)=O)c(OCCN2CCN(C)CC2)c(OC)c2occc12. The minimum atomic E-state index is -0.130. The third-order valence-electron chi connectivity index (χ3n) is 4.87. The van der Waals surface area contributed by atoms with E-state index in [4.69, 9.17) is 18.6 Å². The van der Waals surface area contributed by atoms with Crippen molar-refractivity contribution < 1.29 is 23.4 Å². The molecular formula is C20H28N2O5. The van der Waals surface area contributed by atoms with Crippen molar-refractivity contribution in [3.63, 3.8) is 0 Å². The van der Waals surface area contributed by atoms with Crippen LogP contribution >= 0.6 is 0 Å². The number of carbonyl (C=O) groups excluding carboxylic acids is 1. The number of ketones is 1. The summed E-state index contributed by atoms with van der Waals surface area (Å²) in [5.41, 5.74) is 0.932. The smallest absolute Gasteiger partial charge is 0.205 e. The minimum absolute atomic E-state index is 0.130. The number of methoxy groups -OCH3 is 1. The first kappa shape index (κ1) is 19.5. The number of ether oxygens (including phenoxy) is 3. The van der Waals surface area contributed by atoms with Crippen LogP contribution in [0.3, 0.4) is 0 Å². The molecule has 0 radical (unpaired) electrons. The Morgan fingerprint density at radius 3 is 2.52 bits per heavy atom. The number of likely N-dealkylation sites (N-methyl/N-ethyl adjacent to an activating group) is 1. The fourth-order valence-electron chi connectivity index (χ4n) is 3.40. The number of piperazine rings is 1. The Balaban J connectivity index is 1.90. The Bertz CT molecular complexity index is 793. The maximum atomic E-state index is 12.4. The van der Waals surface area contributed by atoms with Crippen LogP contribution in [0.4, 0.5) is 0 Å². The highest BCUT2D eigenvalue weighted by molar-refractivity contribution is 6.08. The normalized spacial score (nSPS) is 15.9. The molecule has 0 spiro atoms. The molecule has 0 atom stereocenters. The molecule has 1 aliphatic heterocycles. The average Bonchev–Trinajstić information content (AvgIpc) is 3.13. The molecular weight excluding hydrogens is 348 g/mol. The van der Waals surface area contributed by atoms with E-state index in [1.54, 1.807) is 19.4 Å². The molecule has 0 N–H and O–H groups in total. The number of benzene rings is 1. The van der Waals surface area contributed by atoms with Gasteiger partial charge < -0.3 is 23.5 Å². The molecule has 148 valence electrons. The van der Waals surface area contributed by atoms with Crippen LogP contribution < -0.4 is 14.2 Å². The second-order valence-corrected chi connectivity index (χ2v) is 6.71. The van der Waals surface area contributed by atoms with Gasteiger partial charge >= 0.3 is 0 Å². The lowest BCUT2D eigenvalue weighted by Gasteiger charge is -2.32. The van der Waals surface area contributed by atoms with E-state index in [2.05, 4.69) is 16.8 Å². The number of hydrogen-bond donors (Lipinski definition) is 0. The number of fused-ring (bicyclic) bond motifs is 1. The molecule has 7 heteroatoms. The highest BCUT2D eigenvalue weighted by Crippen LogP contribution is 2.46. The lowest BCUT2D eigenvalue weighted by molar-refractivity contribution is 0.100. The van der Waals surface area contributed by atoms with Crippen LogP contribution in [0, 0.1) is 0 Å². The molecule has 0 bridgehead atoms. The summed E-state index contributed by atoms with van der Waals surface area (Å²) < 4.78 is 23.0. The molecule has 0 saturated carbocycles. The summed E-state index contributed by atoms with van der Waals surface area (Å²) in [6, 6.07) is 1.78. The molecule has 1 aliphatic rings. The van der Waals surface area contributed by atoms with E-state index >= 15 is 0 Å². The van der Waals surface area contributed by atoms with E-state index in [1.165, 1.54) is 6.92 Å². The van der Waals surface area contributed by atoms with Crippen LogP contribution in [-0.4, -0.2) is 75.7 Å². The second kappa shape index (κ2) is 8.63. The topological polar surface area (TPSA) is 64.4 Å². The van der Waals surface area contributed by atoms with Crippen molar-refractivity contribution in [3.05, 3.63) is 17.9 Å². The molecule has 0 amide bonds. The standard InChI is InChI=1S/C20H28N2O5/c1-5-25-17-15-6-12-26-18(15)20(24-4)19(16(17)14(2)23)27-13-11-22-9-7-21(3)8-10-22/h6,12H,5,7-11,13H2,1-4H3. The van der Waals surface area contributed by atoms with E-state index in [9.17, 15) is 4.79 Å². The quantitative estimate of drug-likeness (QED) is 0.656. The molecule has 7 nitrogen and oxygen atoms in total. The lowest BCUT2D eigenvalue weighted by atomic mass is 10.0. The molecule has 1 saturated heterocycles. The average molecular weight is 376 g/mol.